The Kier molecular flexibility index (Phi) is 3.14. The van der Waals surface area contributed by atoms with E-state index in [1.54, 1.807) is 0 Å². The third kappa shape index (κ3) is 2.31. The van der Waals surface area contributed by atoms with Crippen LogP contribution in [0.5, 0.6) is 0 Å². The van der Waals surface area contributed by atoms with Crippen LogP contribution < -0.4 is 10.6 Å². The number of aromatic nitrogens is 1. The van der Waals surface area contributed by atoms with Gasteiger partial charge in [0.25, 0.3) is 0 Å². The van der Waals surface area contributed by atoms with Gasteiger partial charge in [-0.2, -0.15) is 0 Å². The predicted octanol–water partition coefficient (Wildman–Crippen LogP) is 0.587. The van der Waals surface area contributed by atoms with Gasteiger partial charge in [0.05, 0.1) is 24.0 Å². The number of hydrogen-bond acceptors (Lipinski definition) is 5. The van der Waals surface area contributed by atoms with Gasteiger partial charge in [0, 0.05) is 19.3 Å². The highest BCUT2D eigenvalue weighted by Crippen LogP contribution is 2.25. The lowest BCUT2D eigenvalue weighted by Crippen LogP contribution is -2.42. The number of rotatable bonds is 2. The number of carboxylic acid groups (broad SMARTS) is 1. The Morgan fingerprint density at radius 3 is 3.12 bits per heavy atom. The Bertz CT molecular complexity index is 436. The van der Waals surface area contributed by atoms with Gasteiger partial charge in [-0.05, 0) is 13.0 Å². The fraction of sp³-hybridized carbons (Fsp3) is 0.455. The number of aromatic carboxylic acids is 1. The average Bonchev–Trinajstić information content (AvgIpc) is 2.29. The van der Waals surface area contributed by atoms with Gasteiger partial charge < -0.3 is 20.5 Å². The zero-order valence-electron chi connectivity index (χ0n) is 9.59. The highest BCUT2D eigenvalue weighted by atomic mass is 16.5. The number of carbonyl (C=O) groups is 1. The van der Waals surface area contributed by atoms with Crippen molar-refractivity contribution in [3.05, 3.63) is 17.8 Å². The van der Waals surface area contributed by atoms with Crippen molar-refractivity contribution >= 4 is 17.5 Å². The van der Waals surface area contributed by atoms with Crippen molar-refractivity contribution in [2.75, 3.05) is 30.3 Å². The zero-order valence-corrected chi connectivity index (χ0v) is 9.59. The molecule has 0 aromatic carbocycles. The maximum absolute atomic E-state index is 11.0. The molecule has 1 fully saturated rings. The van der Waals surface area contributed by atoms with E-state index in [1.165, 1.54) is 12.3 Å². The summed E-state index contributed by atoms with van der Waals surface area (Å²) < 4.78 is 5.42. The fourth-order valence-electron chi connectivity index (χ4n) is 1.91. The normalized spacial score (nSPS) is 20.3. The number of nitrogens with two attached hydrogens (primary N) is 1. The van der Waals surface area contributed by atoms with Gasteiger partial charge in [-0.3, -0.25) is 0 Å². The Hall–Kier alpha value is -1.82. The number of nitrogen functional groups attached to an aromatic ring is 1. The van der Waals surface area contributed by atoms with Crippen molar-refractivity contribution in [1.29, 1.82) is 0 Å². The standard InChI is InChI=1S/C11H15N3O3/c1-7-6-14(4-5-17-7)10-9(12)8(11(15)16)2-3-13-10/h2-3,7H,4-6,12H2,1H3,(H,15,16). The fourth-order valence-corrected chi connectivity index (χ4v) is 1.91. The van der Waals surface area contributed by atoms with Crippen LogP contribution in [0.25, 0.3) is 0 Å². The molecule has 92 valence electrons. The second-order valence-corrected chi connectivity index (χ2v) is 4.03. The van der Waals surface area contributed by atoms with E-state index in [0.717, 1.165) is 0 Å². The van der Waals surface area contributed by atoms with Crippen LogP contribution in [0.15, 0.2) is 12.3 Å². The Labute approximate surface area is 99.0 Å². The van der Waals surface area contributed by atoms with E-state index >= 15 is 0 Å². The molecule has 1 aliphatic heterocycles. The molecule has 2 rings (SSSR count). The molecule has 1 unspecified atom stereocenters. The van der Waals surface area contributed by atoms with Crippen LogP contribution >= 0.6 is 0 Å². The Morgan fingerprint density at radius 1 is 1.71 bits per heavy atom. The molecular weight excluding hydrogens is 222 g/mol. The van der Waals surface area contributed by atoms with Crippen LogP contribution in [0.3, 0.4) is 0 Å². The minimum absolute atomic E-state index is 0.0918. The average molecular weight is 237 g/mol. The van der Waals surface area contributed by atoms with Crippen LogP contribution in [-0.4, -0.2) is 41.9 Å². The van der Waals surface area contributed by atoms with Gasteiger partial charge in [-0.1, -0.05) is 0 Å². The van der Waals surface area contributed by atoms with Crippen molar-refractivity contribution < 1.29 is 14.6 Å². The number of carboxylic acids is 1. The van der Waals surface area contributed by atoms with Crippen LogP contribution in [0.4, 0.5) is 11.5 Å². The second kappa shape index (κ2) is 4.58. The molecular formula is C11H15N3O3. The molecule has 0 bridgehead atoms. The van der Waals surface area contributed by atoms with Gasteiger partial charge >= 0.3 is 5.97 Å². The van der Waals surface area contributed by atoms with Crippen LogP contribution in [0, 0.1) is 0 Å². The van der Waals surface area contributed by atoms with Crippen molar-refractivity contribution in [1.82, 2.24) is 4.98 Å². The number of anilines is 2. The first-order chi connectivity index (χ1) is 8.09. The van der Waals surface area contributed by atoms with Crippen LogP contribution in [0.2, 0.25) is 0 Å². The van der Waals surface area contributed by atoms with Gasteiger partial charge in [-0.15, -0.1) is 0 Å². The molecule has 0 radical (unpaired) electrons. The van der Waals surface area contributed by atoms with Gasteiger partial charge in [0.15, 0.2) is 5.82 Å². The maximum atomic E-state index is 11.0. The van der Waals surface area contributed by atoms with E-state index in [0.29, 0.717) is 25.5 Å². The van der Waals surface area contributed by atoms with Crippen LogP contribution in [0.1, 0.15) is 17.3 Å². The molecule has 0 aliphatic carbocycles. The number of pyridine rings is 1. The zero-order chi connectivity index (χ0) is 12.4. The van der Waals surface area contributed by atoms with Crippen molar-refractivity contribution in [3.63, 3.8) is 0 Å². The molecule has 2 heterocycles. The smallest absolute Gasteiger partial charge is 0.337 e. The van der Waals surface area contributed by atoms with Gasteiger partial charge in [-0.25, -0.2) is 9.78 Å². The first-order valence-electron chi connectivity index (χ1n) is 5.44. The summed E-state index contributed by atoms with van der Waals surface area (Å²) >= 11 is 0. The summed E-state index contributed by atoms with van der Waals surface area (Å²) in [6, 6.07) is 1.41. The highest BCUT2D eigenvalue weighted by molar-refractivity contribution is 5.96. The molecule has 1 aromatic rings. The summed E-state index contributed by atoms with van der Waals surface area (Å²) in [5.74, 6) is -0.507. The number of ether oxygens (including phenoxy) is 1. The number of nitrogens with zero attached hydrogens (tertiary/aromatic N) is 2. The molecule has 6 nitrogen and oxygen atoms in total. The summed E-state index contributed by atoms with van der Waals surface area (Å²) in [6.07, 6.45) is 1.56. The first-order valence-corrected chi connectivity index (χ1v) is 5.44. The summed E-state index contributed by atoms with van der Waals surface area (Å²) in [6.45, 7) is 3.90. The summed E-state index contributed by atoms with van der Waals surface area (Å²) in [5, 5.41) is 8.99. The van der Waals surface area contributed by atoms with E-state index in [1.807, 2.05) is 11.8 Å². The quantitative estimate of drug-likeness (QED) is 0.782. The molecule has 17 heavy (non-hydrogen) atoms. The van der Waals surface area contributed by atoms with Gasteiger partial charge in [0.1, 0.15) is 0 Å². The molecule has 1 atom stereocenters. The summed E-state index contributed by atoms with van der Waals surface area (Å²) in [7, 11) is 0. The minimum Gasteiger partial charge on any atom is -0.478 e. The third-order valence-electron chi connectivity index (χ3n) is 2.74. The molecule has 1 aromatic heterocycles. The van der Waals surface area contributed by atoms with E-state index in [9.17, 15) is 4.79 Å². The Morgan fingerprint density at radius 2 is 2.47 bits per heavy atom. The number of hydrogen-bond donors (Lipinski definition) is 2. The molecule has 0 spiro atoms. The maximum Gasteiger partial charge on any atom is 0.337 e. The van der Waals surface area contributed by atoms with E-state index < -0.39 is 5.97 Å². The second-order valence-electron chi connectivity index (χ2n) is 4.03. The molecule has 6 heteroatoms. The molecule has 1 aliphatic rings. The summed E-state index contributed by atoms with van der Waals surface area (Å²) in [5.41, 5.74) is 6.14. The Balaban J connectivity index is 2.32. The SMILES string of the molecule is CC1CN(c2nccc(C(=O)O)c2N)CCO1. The lowest BCUT2D eigenvalue weighted by Gasteiger charge is -2.32. The molecule has 0 saturated carbocycles. The van der Waals surface area contributed by atoms with E-state index in [4.69, 9.17) is 15.6 Å². The minimum atomic E-state index is -1.03. The molecule has 1 saturated heterocycles. The van der Waals surface area contributed by atoms with E-state index in [2.05, 4.69) is 4.98 Å². The third-order valence-corrected chi connectivity index (χ3v) is 2.74. The highest BCUT2D eigenvalue weighted by Gasteiger charge is 2.22. The lowest BCUT2D eigenvalue weighted by molar-refractivity contribution is 0.0530. The van der Waals surface area contributed by atoms with Gasteiger partial charge in [0.2, 0.25) is 0 Å². The predicted molar refractivity (Wildman–Crippen MR) is 63.2 cm³/mol. The topological polar surface area (TPSA) is 88.7 Å². The molecule has 3 N–H and O–H groups in total. The monoisotopic (exact) mass is 237 g/mol. The molecule has 0 amide bonds. The van der Waals surface area contributed by atoms with Crippen LogP contribution in [-0.2, 0) is 4.74 Å². The summed E-state index contributed by atoms with van der Waals surface area (Å²) in [4.78, 5) is 17.1. The van der Waals surface area contributed by atoms with Crippen molar-refractivity contribution in [2.45, 2.75) is 13.0 Å². The first kappa shape index (κ1) is 11.7. The number of morpholine rings is 1. The van der Waals surface area contributed by atoms with Crippen molar-refractivity contribution in [3.8, 4) is 0 Å². The van der Waals surface area contributed by atoms with Crippen molar-refractivity contribution in [2.24, 2.45) is 0 Å². The lowest BCUT2D eigenvalue weighted by atomic mass is 10.2. The van der Waals surface area contributed by atoms with E-state index in [-0.39, 0.29) is 17.4 Å². The largest absolute Gasteiger partial charge is 0.478 e.